The zero-order valence-electron chi connectivity index (χ0n) is 20.8. The lowest BCUT2D eigenvalue weighted by molar-refractivity contribution is -0.107. The smallest absolute Gasteiger partial charge is 0.141 e. The second-order valence-corrected chi connectivity index (χ2v) is 8.78. The number of hydrogen-bond acceptors (Lipinski definition) is 8. The molecule has 0 bridgehead atoms. The molecule has 2 unspecified atom stereocenters. The Bertz CT molecular complexity index is 1250. The van der Waals surface area contributed by atoms with Gasteiger partial charge in [-0.2, -0.15) is 10.5 Å². The molecule has 2 aliphatic heterocycles. The molecule has 0 saturated carbocycles. The normalized spacial score (nSPS) is 20.0. The van der Waals surface area contributed by atoms with Crippen LogP contribution in [-0.4, -0.2) is 68.3 Å². The molecule has 0 radical (unpaired) electrons. The first-order chi connectivity index (χ1) is 17.9. The summed E-state index contributed by atoms with van der Waals surface area (Å²) in [5.74, 6) is 4.34. The number of halogens is 1. The SMILES string of the molecule is Cc1c(C2CN3CCN(C)CC3CO2)ccc(F)c1C#N.N#Cc1cc(N=CN=NN)ccc1CC=O. The minimum atomic E-state index is -0.452. The van der Waals surface area contributed by atoms with Crippen molar-refractivity contribution in [1.82, 2.24) is 9.80 Å². The highest BCUT2D eigenvalue weighted by atomic mass is 19.1. The Morgan fingerprint density at radius 3 is 2.73 bits per heavy atom. The van der Waals surface area contributed by atoms with Crippen molar-refractivity contribution < 1.29 is 13.9 Å². The molecule has 2 aliphatic rings. The van der Waals surface area contributed by atoms with Gasteiger partial charge in [0.05, 0.1) is 35.6 Å². The molecule has 192 valence electrons. The number of nitriles is 2. The number of aldehydes is 1. The van der Waals surface area contributed by atoms with Crippen molar-refractivity contribution in [3.63, 3.8) is 0 Å². The Labute approximate surface area is 215 Å². The third-order valence-electron chi connectivity index (χ3n) is 6.45. The van der Waals surface area contributed by atoms with Crippen LogP contribution >= 0.6 is 0 Å². The predicted octanol–water partition coefficient (Wildman–Crippen LogP) is 2.98. The molecule has 10 nitrogen and oxygen atoms in total. The summed E-state index contributed by atoms with van der Waals surface area (Å²) in [7, 11) is 2.13. The Morgan fingerprint density at radius 1 is 1.22 bits per heavy atom. The van der Waals surface area contributed by atoms with E-state index in [4.69, 9.17) is 21.1 Å². The van der Waals surface area contributed by atoms with Gasteiger partial charge in [-0.1, -0.05) is 17.4 Å². The van der Waals surface area contributed by atoms with Crippen molar-refractivity contribution in [2.45, 2.75) is 25.5 Å². The molecular formula is C26H29FN8O2. The molecule has 2 aromatic rings. The number of nitrogens with two attached hydrogens (primary N) is 1. The average Bonchev–Trinajstić information content (AvgIpc) is 2.90. The van der Waals surface area contributed by atoms with Crippen LogP contribution in [-0.2, 0) is 16.0 Å². The van der Waals surface area contributed by atoms with Gasteiger partial charge in [0.1, 0.15) is 24.5 Å². The summed E-state index contributed by atoms with van der Waals surface area (Å²) in [6.07, 6.45) is 2.07. The molecule has 0 amide bonds. The molecule has 0 aliphatic carbocycles. The number of morpholine rings is 1. The fraction of sp³-hybridized carbons (Fsp3) is 0.385. The van der Waals surface area contributed by atoms with Gasteiger partial charge in [-0.25, -0.2) is 9.38 Å². The van der Waals surface area contributed by atoms with E-state index in [2.05, 4.69) is 32.2 Å². The molecule has 0 aromatic heterocycles. The van der Waals surface area contributed by atoms with E-state index in [1.165, 1.54) is 12.4 Å². The second-order valence-electron chi connectivity index (χ2n) is 8.78. The van der Waals surface area contributed by atoms with E-state index in [0.717, 1.165) is 38.0 Å². The van der Waals surface area contributed by atoms with E-state index < -0.39 is 5.82 Å². The summed E-state index contributed by atoms with van der Waals surface area (Å²) in [6.45, 7) is 6.43. The van der Waals surface area contributed by atoms with Gasteiger partial charge in [0.15, 0.2) is 0 Å². The lowest BCUT2D eigenvalue weighted by Crippen LogP contribution is -2.57. The second kappa shape index (κ2) is 13.3. The maximum Gasteiger partial charge on any atom is 0.141 e. The number of hydrogen-bond donors (Lipinski definition) is 1. The molecule has 2 heterocycles. The van der Waals surface area contributed by atoms with E-state index in [1.54, 1.807) is 31.2 Å². The zero-order chi connectivity index (χ0) is 26.8. The van der Waals surface area contributed by atoms with Crippen LogP contribution in [0.2, 0.25) is 0 Å². The van der Waals surface area contributed by atoms with Crippen molar-refractivity contribution in [3.05, 3.63) is 64.0 Å². The lowest BCUT2D eigenvalue weighted by Gasteiger charge is -2.45. The lowest BCUT2D eigenvalue weighted by atomic mass is 9.96. The number of carbonyl (C=O) groups is 1. The van der Waals surface area contributed by atoms with Crippen LogP contribution in [0.1, 0.15) is 33.9 Å². The van der Waals surface area contributed by atoms with Crippen molar-refractivity contribution >= 4 is 18.3 Å². The summed E-state index contributed by atoms with van der Waals surface area (Å²) in [5.41, 5.74) is 3.43. The summed E-state index contributed by atoms with van der Waals surface area (Å²) < 4.78 is 19.6. The zero-order valence-corrected chi connectivity index (χ0v) is 20.8. The minimum Gasteiger partial charge on any atom is -0.370 e. The number of benzene rings is 2. The minimum absolute atomic E-state index is 0.0719. The number of rotatable bonds is 5. The van der Waals surface area contributed by atoms with Gasteiger partial charge in [-0.05, 0) is 48.9 Å². The summed E-state index contributed by atoms with van der Waals surface area (Å²) in [6, 6.07) is 12.5. The van der Waals surface area contributed by atoms with Gasteiger partial charge in [-0.15, -0.1) is 5.11 Å². The third kappa shape index (κ3) is 7.02. The highest BCUT2D eigenvalue weighted by molar-refractivity contribution is 5.64. The maximum absolute atomic E-state index is 13.6. The monoisotopic (exact) mass is 504 g/mol. The molecule has 2 saturated heterocycles. The van der Waals surface area contributed by atoms with Crippen LogP contribution in [0, 0.1) is 35.4 Å². The Kier molecular flexibility index (Phi) is 9.92. The Hall–Kier alpha value is -4.03. The van der Waals surface area contributed by atoms with Crippen LogP contribution in [0.15, 0.2) is 45.7 Å². The number of carbonyl (C=O) groups excluding carboxylic acids is 1. The van der Waals surface area contributed by atoms with E-state index in [9.17, 15) is 9.18 Å². The average molecular weight is 505 g/mol. The Balaban J connectivity index is 0.000000214. The number of likely N-dealkylation sites (N-methyl/N-ethyl adjacent to an activating group) is 1. The van der Waals surface area contributed by atoms with Gasteiger partial charge < -0.3 is 20.3 Å². The van der Waals surface area contributed by atoms with Crippen molar-refractivity contribution in [1.29, 1.82) is 10.5 Å². The van der Waals surface area contributed by atoms with Gasteiger partial charge >= 0.3 is 0 Å². The molecular weight excluding hydrogens is 475 g/mol. The third-order valence-corrected chi connectivity index (χ3v) is 6.45. The first-order valence-corrected chi connectivity index (χ1v) is 11.7. The molecule has 2 atom stereocenters. The van der Waals surface area contributed by atoms with Crippen LogP contribution < -0.4 is 5.84 Å². The molecule has 2 N–H and O–H groups in total. The molecule has 37 heavy (non-hydrogen) atoms. The summed E-state index contributed by atoms with van der Waals surface area (Å²) in [5, 5.41) is 24.3. The van der Waals surface area contributed by atoms with Crippen LogP contribution in [0.3, 0.4) is 0 Å². The highest BCUT2D eigenvalue weighted by Crippen LogP contribution is 2.30. The largest absolute Gasteiger partial charge is 0.370 e. The van der Waals surface area contributed by atoms with Crippen molar-refractivity contribution in [2.24, 2.45) is 21.2 Å². The van der Waals surface area contributed by atoms with Gasteiger partial charge in [0.2, 0.25) is 0 Å². The van der Waals surface area contributed by atoms with Crippen molar-refractivity contribution in [3.8, 4) is 12.1 Å². The Morgan fingerprint density at radius 2 is 2.03 bits per heavy atom. The number of piperazine rings is 1. The first-order valence-electron chi connectivity index (χ1n) is 11.7. The fourth-order valence-corrected chi connectivity index (χ4v) is 4.45. The molecule has 0 spiro atoms. The number of fused-ring (bicyclic) bond motifs is 1. The number of nitrogens with zero attached hydrogens (tertiary/aromatic N) is 7. The molecule has 4 rings (SSSR count). The van der Waals surface area contributed by atoms with Crippen molar-refractivity contribution in [2.75, 3.05) is 39.8 Å². The number of ether oxygens (including phenoxy) is 1. The molecule has 2 aromatic carbocycles. The van der Waals surface area contributed by atoms with Crippen LogP contribution in [0.25, 0.3) is 0 Å². The van der Waals surface area contributed by atoms with Gasteiger partial charge in [0, 0.05) is 38.6 Å². The van der Waals surface area contributed by atoms with E-state index in [0.29, 0.717) is 35.0 Å². The summed E-state index contributed by atoms with van der Waals surface area (Å²) in [4.78, 5) is 19.0. The predicted molar refractivity (Wildman–Crippen MR) is 136 cm³/mol. The van der Waals surface area contributed by atoms with E-state index >= 15 is 0 Å². The quantitative estimate of drug-likeness (QED) is 0.165. The topological polar surface area (TPSA) is 143 Å². The highest BCUT2D eigenvalue weighted by Gasteiger charge is 2.34. The fourth-order valence-electron chi connectivity index (χ4n) is 4.45. The first kappa shape index (κ1) is 27.6. The standard InChI is InChI=1S/C16H20FN3O.C10H9N5O/c1-11-13(3-4-15(17)14(11)7-18)16-9-20-6-5-19(2)8-12(20)10-21-16;11-6-9-5-10(13-7-14-15-12)2-1-8(9)3-4-16/h3-4,12,16H,5-6,8-10H2,1-2H3;1-2,4-5,7H,3H2,(H2,12,13,14). The van der Waals surface area contributed by atoms with Crippen LogP contribution in [0.5, 0.6) is 0 Å². The van der Waals surface area contributed by atoms with E-state index in [1.807, 2.05) is 12.1 Å². The van der Waals surface area contributed by atoms with E-state index in [-0.39, 0.29) is 18.1 Å². The van der Waals surface area contributed by atoms with Gasteiger partial charge in [-0.3, -0.25) is 4.90 Å². The molecule has 2 fully saturated rings. The van der Waals surface area contributed by atoms with Crippen LogP contribution in [0.4, 0.5) is 10.1 Å². The number of aliphatic imine (C=N–C) groups is 1. The summed E-state index contributed by atoms with van der Waals surface area (Å²) >= 11 is 0. The molecule has 11 heteroatoms. The maximum atomic E-state index is 13.6. The van der Waals surface area contributed by atoms with Gasteiger partial charge in [0.25, 0.3) is 0 Å².